The number of aryl methyl sites for hydroxylation is 1. The SMILES string of the molecule is Cc1ccc(NC(=O)c2ccco2)cc1NC(=S)NC(=O)c1cccc(OCc2ccccc2)c1. The van der Waals surface area contributed by atoms with Crippen molar-refractivity contribution < 1.29 is 18.7 Å². The Morgan fingerprint density at radius 1 is 0.886 bits per heavy atom. The van der Waals surface area contributed by atoms with Gasteiger partial charge in [-0.25, -0.2) is 0 Å². The van der Waals surface area contributed by atoms with Crippen LogP contribution >= 0.6 is 12.2 Å². The molecule has 0 aliphatic carbocycles. The zero-order chi connectivity index (χ0) is 24.6. The minimum atomic E-state index is -0.368. The summed E-state index contributed by atoms with van der Waals surface area (Å²) in [7, 11) is 0. The molecule has 1 heterocycles. The van der Waals surface area contributed by atoms with E-state index in [1.807, 2.05) is 43.3 Å². The predicted molar refractivity (Wildman–Crippen MR) is 139 cm³/mol. The lowest BCUT2D eigenvalue weighted by Gasteiger charge is -2.14. The summed E-state index contributed by atoms with van der Waals surface area (Å²) in [6.45, 7) is 2.29. The topological polar surface area (TPSA) is 92.6 Å². The first-order chi connectivity index (χ1) is 17.0. The summed E-state index contributed by atoms with van der Waals surface area (Å²) < 4.78 is 10.9. The summed E-state index contributed by atoms with van der Waals surface area (Å²) in [5, 5.41) is 8.59. The monoisotopic (exact) mass is 485 g/mol. The average Bonchev–Trinajstić information content (AvgIpc) is 3.41. The molecule has 0 aliphatic heterocycles. The molecule has 8 heteroatoms. The number of anilines is 2. The Bertz CT molecular complexity index is 1340. The second-order valence-corrected chi connectivity index (χ2v) is 8.08. The van der Waals surface area contributed by atoms with E-state index < -0.39 is 0 Å². The smallest absolute Gasteiger partial charge is 0.291 e. The first-order valence-electron chi connectivity index (χ1n) is 10.8. The fourth-order valence-electron chi connectivity index (χ4n) is 3.23. The second-order valence-electron chi connectivity index (χ2n) is 7.67. The molecule has 0 bridgehead atoms. The van der Waals surface area contributed by atoms with Gasteiger partial charge in [0.1, 0.15) is 12.4 Å². The number of rotatable bonds is 7. The molecule has 0 radical (unpaired) electrons. The van der Waals surface area contributed by atoms with Gasteiger partial charge in [-0.1, -0.05) is 42.5 Å². The molecular weight excluding hydrogens is 462 g/mol. The van der Waals surface area contributed by atoms with Gasteiger partial charge < -0.3 is 19.8 Å². The summed E-state index contributed by atoms with van der Waals surface area (Å²) in [6, 6.07) is 25.2. The third-order valence-electron chi connectivity index (χ3n) is 5.06. The van der Waals surface area contributed by atoms with Gasteiger partial charge in [-0.15, -0.1) is 0 Å². The lowest BCUT2D eigenvalue weighted by molar-refractivity contribution is 0.0974. The second kappa shape index (κ2) is 11.1. The van der Waals surface area contributed by atoms with Gasteiger partial charge in [0.15, 0.2) is 10.9 Å². The van der Waals surface area contributed by atoms with Crippen LogP contribution in [0.5, 0.6) is 5.75 Å². The number of hydrogen-bond donors (Lipinski definition) is 3. The maximum absolute atomic E-state index is 12.7. The molecule has 4 rings (SSSR count). The molecule has 176 valence electrons. The van der Waals surface area contributed by atoms with E-state index in [0.717, 1.165) is 11.1 Å². The number of thiocarbonyl (C=S) groups is 1. The number of hydrogen-bond acceptors (Lipinski definition) is 5. The van der Waals surface area contributed by atoms with Crippen molar-refractivity contribution in [3.05, 3.63) is 114 Å². The molecular formula is C27H23N3O4S. The standard InChI is InChI=1S/C27H23N3O4S/c1-18-12-13-21(28-26(32)24-11-6-14-33-24)16-23(18)29-27(35)30-25(31)20-9-5-10-22(15-20)34-17-19-7-3-2-4-8-19/h2-16H,17H2,1H3,(H,28,32)(H2,29,30,31,35). The first kappa shape index (κ1) is 23.7. The van der Waals surface area contributed by atoms with Gasteiger partial charge in [0.25, 0.3) is 11.8 Å². The molecule has 3 N–H and O–H groups in total. The van der Waals surface area contributed by atoms with Crippen molar-refractivity contribution >= 4 is 40.5 Å². The van der Waals surface area contributed by atoms with Gasteiger partial charge in [0, 0.05) is 16.9 Å². The Kier molecular flexibility index (Phi) is 7.54. The molecule has 0 aliphatic rings. The maximum Gasteiger partial charge on any atom is 0.291 e. The Hall–Kier alpha value is -4.43. The van der Waals surface area contributed by atoms with Crippen LogP contribution in [0.1, 0.15) is 32.0 Å². The zero-order valence-corrected chi connectivity index (χ0v) is 19.7. The third-order valence-corrected chi connectivity index (χ3v) is 5.26. The molecule has 0 unspecified atom stereocenters. The van der Waals surface area contributed by atoms with Crippen LogP contribution < -0.4 is 20.7 Å². The normalized spacial score (nSPS) is 10.3. The van der Waals surface area contributed by atoms with E-state index in [1.54, 1.807) is 48.5 Å². The summed E-state index contributed by atoms with van der Waals surface area (Å²) in [6.07, 6.45) is 1.43. The molecule has 0 spiro atoms. The van der Waals surface area contributed by atoms with E-state index in [4.69, 9.17) is 21.4 Å². The number of benzene rings is 3. The Morgan fingerprint density at radius 2 is 1.71 bits per heavy atom. The van der Waals surface area contributed by atoms with Crippen LogP contribution in [0, 0.1) is 6.92 Å². The number of ether oxygens (including phenoxy) is 1. The zero-order valence-electron chi connectivity index (χ0n) is 18.9. The van der Waals surface area contributed by atoms with Gasteiger partial charge in [0.05, 0.1) is 6.26 Å². The van der Waals surface area contributed by atoms with Crippen LogP contribution in [0.15, 0.2) is 95.6 Å². The Labute approximate surface area is 208 Å². The van der Waals surface area contributed by atoms with Crippen LogP contribution in [-0.4, -0.2) is 16.9 Å². The van der Waals surface area contributed by atoms with E-state index in [2.05, 4.69) is 16.0 Å². The fraction of sp³-hybridized carbons (Fsp3) is 0.0741. The molecule has 2 amide bonds. The van der Waals surface area contributed by atoms with Crippen LogP contribution in [0.4, 0.5) is 11.4 Å². The van der Waals surface area contributed by atoms with Crippen molar-refractivity contribution in [3.63, 3.8) is 0 Å². The summed E-state index contributed by atoms with van der Waals surface area (Å²) >= 11 is 5.34. The first-order valence-corrected chi connectivity index (χ1v) is 11.2. The molecule has 7 nitrogen and oxygen atoms in total. The quantitative estimate of drug-likeness (QED) is 0.298. The largest absolute Gasteiger partial charge is 0.489 e. The van der Waals surface area contributed by atoms with E-state index in [9.17, 15) is 9.59 Å². The number of nitrogens with one attached hydrogen (secondary N) is 3. The molecule has 1 aromatic heterocycles. The Balaban J connectivity index is 1.36. The lowest BCUT2D eigenvalue weighted by atomic mass is 10.1. The minimum absolute atomic E-state index is 0.128. The number of amides is 2. The number of carbonyl (C=O) groups excluding carboxylic acids is 2. The molecule has 0 atom stereocenters. The van der Waals surface area contributed by atoms with Crippen molar-refractivity contribution in [2.45, 2.75) is 13.5 Å². The van der Waals surface area contributed by atoms with Gasteiger partial charge in [-0.05, 0) is 72.7 Å². The van der Waals surface area contributed by atoms with Crippen LogP contribution in [-0.2, 0) is 6.61 Å². The Morgan fingerprint density at radius 3 is 2.49 bits per heavy atom. The highest BCUT2D eigenvalue weighted by atomic mass is 32.1. The fourth-order valence-corrected chi connectivity index (χ4v) is 3.43. The maximum atomic E-state index is 12.7. The molecule has 0 saturated heterocycles. The minimum Gasteiger partial charge on any atom is -0.489 e. The number of furan rings is 1. The van der Waals surface area contributed by atoms with Gasteiger partial charge in [-0.2, -0.15) is 0 Å². The average molecular weight is 486 g/mol. The van der Waals surface area contributed by atoms with E-state index >= 15 is 0 Å². The van der Waals surface area contributed by atoms with Gasteiger partial charge in [0.2, 0.25) is 0 Å². The van der Waals surface area contributed by atoms with E-state index in [1.165, 1.54) is 6.26 Å². The highest BCUT2D eigenvalue weighted by Gasteiger charge is 2.12. The van der Waals surface area contributed by atoms with Crippen molar-refractivity contribution in [1.82, 2.24) is 5.32 Å². The highest BCUT2D eigenvalue weighted by molar-refractivity contribution is 7.80. The van der Waals surface area contributed by atoms with Crippen LogP contribution in [0.2, 0.25) is 0 Å². The highest BCUT2D eigenvalue weighted by Crippen LogP contribution is 2.21. The van der Waals surface area contributed by atoms with Gasteiger partial charge >= 0.3 is 0 Å². The van der Waals surface area contributed by atoms with Crippen LogP contribution in [0.25, 0.3) is 0 Å². The predicted octanol–water partition coefficient (Wildman–Crippen LogP) is 5.55. The summed E-state index contributed by atoms with van der Waals surface area (Å²) in [4.78, 5) is 25.0. The lowest BCUT2D eigenvalue weighted by Crippen LogP contribution is -2.34. The van der Waals surface area contributed by atoms with E-state index in [0.29, 0.717) is 29.3 Å². The van der Waals surface area contributed by atoms with Crippen LogP contribution in [0.3, 0.4) is 0 Å². The van der Waals surface area contributed by atoms with Crippen molar-refractivity contribution in [1.29, 1.82) is 0 Å². The van der Waals surface area contributed by atoms with Crippen molar-refractivity contribution in [2.24, 2.45) is 0 Å². The van der Waals surface area contributed by atoms with Crippen molar-refractivity contribution in [3.8, 4) is 5.75 Å². The number of carbonyl (C=O) groups is 2. The third kappa shape index (κ3) is 6.55. The molecule has 0 fully saturated rings. The molecule has 0 saturated carbocycles. The summed E-state index contributed by atoms with van der Waals surface area (Å²) in [5.41, 5.74) is 3.53. The van der Waals surface area contributed by atoms with Crippen molar-refractivity contribution in [2.75, 3.05) is 10.6 Å². The molecule has 35 heavy (non-hydrogen) atoms. The molecule has 3 aromatic carbocycles. The molecule has 4 aromatic rings. The van der Waals surface area contributed by atoms with Gasteiger partial charge in [-0.3, -0.25) is 14.9 Å². The van der Waals surface area contributed by atoms with E-state index in [-0.39, 0.29) is 22.7 Å². The summed E-state index contributed by atoms with van der Waals surface area (Å²) in [5.74, 6) is 0.0525.